The van der Waals surface area contributed by atoms with Crippen LogP contribution in [0.4, 0.5) is 0 Å². The number of hydrogen-bond acceptors (Lipinski definition) is 2. The average molecular weight is 225 g/mol. The van der Waals surface area contributed by atoms with Crippen LogP contribution >= 0.6 is 0 Å². The van der Waals surface area contributed by atoms with Gasteiger partial charge in [0.05, 0.1) is 7.85 Å². The molecule has 0 aromatic rings. The lowest BCUT2D eigenvalue weighted by Crippen LogP contribution is -2.30. The van der Waals surface area contributed by atoms with Crippen molar-refractivity contribution in [2.24, 2.45) is 5.92 Å². The molecule has 92 valence electrons. The van der Waals surface area contributed by atoms with Gasteiger partial charge in [0.25, 0.3) is 0 Å². The molecule has 0 aromatic heterocycles. The molecular formula is C12H24BNO2. The molecule has 0 rings (SSSR count). The first-order valence-corrected chi connectivity index (χ1v) is 6.15. The number of carbonyl (C=O) groups is 1. The molecule has 0 aromatic carbocycles. The Morgan fingerprint density at radius 1 is 1.44 bits per heavy atom. The fraction of sp³-hybridized carbons (Fsp3) is 0.917. The maximum atomic E-state index is 11.1. The van der Waals surface area contributed by atoms with E-state index in [1.54, 1.807) is 0 Å². The second kappa shape index (κ2) is 7.72. The predicted octanol–water partition coefficient (Wildman–Crippen LogP) is 2.22. The first-order chi connectivity index (χ1) is 7.42. The molecule has 1 atom stereocenters. The molecule has 2 radical (unpaired) electrons. The second-order valence-corrected chi connectivity index (χ2v) is 4.91. The van der Waals surface area contributed by atoms with Gasteiger partial charge in [0.1, 0.15) is 0 Å². The van der Waals surface area contributed by atoms with E-state index in [0.717, 1.165) is 19.4 Å². The molecule has 0 aliphatic rings. The molecule has 0 saturated heterocycles. The highest BCUT2D eigenvalue weighted by Crippen LogP contribution is 2.32. The van der Waals surface area contributed by atoms with Crippen LogP contribution < -0.4 is 5.32 Å². The van der Waals surface area contributed by atoms with Crippen molar-refractivity contribution in [1.82, 2.24) is 5.32 Å². The van der Waals surface area contributed by atoms with E-state index in [2.05, 4.69) is 19.2 Å². The van der Waals surface area contributed by atoms with E-state index >= 15 is 0 Å². The molecule has 0 bridgehead atoms. The van der Waals surface area contributed by atoms with Crippen molar-refractivity contribution in [1.29, 1.82) is 0 Å². The number of unbranched alkanes of at least 4 members (excludes halogenated alkanes) is 1. The van der Waals surface area contributed by atoms with Crippen LogP contribution in [0, 0.1) is 5.92 Å². The van der Waals surface area contributed by atoms with Crippen LogP contribution in [-0.4, -0.2) is 32.0 Å². The molecule has 2 N–H and O–H groups in total. The van der Waals surface area contributed by atoms with Gasteiger partial charge in [-0.15, -0.1) is 0 Å². The normalized spacial score (nSPS) is 15.0. The maximum Gasteiger partial charge on any atom is 0.300 e. The minimum atomic E-state index is -1.06. The van der Waals surface area contributed by atoms with E-state index in [1.807, 2.05) is 6.92 Å². The topological polar surface area (TPSA) is 49.3 Å². The summed E-state index contributed by atoms with van der Waals surface area (Å²) in [7, 11) is 5.90. The summed E-state index contributed by atoms with van der Waals surface area (Å²) in [6.45, 7) is 7.86. The lowest BCUT2D eigenvalue weighted by molar-refractivity contribution is -0.141. The molecule has 0 amide bonds. The number of hydrogen-bond donors (Lipinski definition) is 2. The zero-order chi connectivity index (χ0) is 12.6. The molecular weight excluding hydrogens is 201 g/mol. The zero-order valence-electron chi connectivity index (χ0n) is 10.8. The Labute approximate surface area is 100 Å². The number of carboxylic acids is 1. The molecule has 4 heteroatoms. The van der Waals surface area contributed by atoms with Crippen LogP contribution in [0.3, 0.4) is 0 Å². The van der Waals surface area contributed by atoms with Gasteiger partial charge in [-0.1, -0.05) is 33.6 Å². The summed E-state index contributed by atoms with van der Waals surface area (Å²) >= 11 is 0. The van der Waals surface area contributed by atoms with Gasteiger partial charge in [-0.3, -0.25) is 4.79 Å². The van der Waals surface area contributed by atoms with Crippen molar-refractivity contribution in [3.63, 3.8) is 0 Å². The molecule has 0 aliphatic heterocycles. The maximum absolute atomic E-state index is 11.1. The Kier molecular flexibility index (Phi) is 7.47. The predicted molar refractivity (Wildman–Crippen MR) is 67.9 cm³/mol. The Hall–Kier alpha value is -0.505. The van der Waals surface area contributed by atoms with Crippen molar-refractivity contribution < 1.29 is 9.90 Å². The molecule has 0 heterocycles. The summed E-state index contributed by atoms with van der Waals surface area (Å²) in [4.78, 5) is 11.1. The molecule has 0 spiro atoms. The van der Waals surface area contributed by atoms with Gasteiger partial charge in [-0.05, 0) is 31.8 Å². The van der Waals surface area contributed by atoms with Gasteiger partial charge in [-0.2, -0.15) is 0 Å². The second-order valence-electron chi connectivity index (χ2n) is 4.91. The van der Waals surface area contributed by atoms with E-state index in [1.165, 1.54) is 0 Å². The minimum absolute atomic E-state index is 0.495. The summed E-state index contributed by atoms with van der Waals surface area (Å²) in [5.41, 5.74) is 0. The minimum Gasteiger partial charge on any atom is -0.481 e. The highest BCUT2D eigenvalue weighted by molar-refractivity contribution is 6.26. The Morgan fingerprint density at radius 2 is 2.06 bits per heavy atom. The first-order valence-electron chi connectivity index (χ1n) is 6.15. The van der Waals surface area contributed by atoms with Crippen molar-refractivity contribution in [3.8, 4) is 0 Å². The van der Waals surface area contributed by atoms with E-state index in [4.69, 9.17) is 13.0 Å². The van der Waals surface area contributed by atoms with Gasteiger partial charge in [0.2, 0.25) is 0 Å². The fourth-order valence-corrected chi connectivity index (χ4v) is 1.53. The van der Waals surface area contributed by atoms with Crippen LogP contribution in [0.5, 0.6) is 0 Å². The number of carboxylic acid groups (broad SMARTS) is 1. The van der Waals surface area contributed by atoms with Crippen molar-refractivity contribution >= 4 is 13.8 Å². The third-order valence-corrected chi connectivity index (χ3v) is 2.70. The molecule has 0 saturated carbocycles. The van der Waals surface area contributed by atoms with E-state index in [-0.39, 0.29) is 0 Å². The number of nitrogens with one attached hydrogen (secondary N) is 1. The van der Waals surface area contributed by atoms with Gasteiger partial charge >= 0.3 is 5.97 Å². The van der Waals surface area contributed by atoms with Crippen LogP contribution in [-0.2, 0) is 4.79 Å². The van der Waals surface area contributed by atoms with Gasteiger partial charge in [0.15, 0.2) is 0 Å². The van der Waals surface area contributed by atoms with Crippen LogP contribution in [0.1, 0.15) is 46.5 Å². The highest BCUT2D eigenvalue weighted by atomic mass is 16.4. The van der Waals surface area contributed by atoms with Gasteiger partial charge in [0, 0.05) is 5.31 Å². The summed E-state index contributed by atoms with van der Waals surface area (Å²) < 4.78 is 0. The molecule has 16 heavy (non-hydrogen) atoms. The van der Waals surface area contributed by atoms with Crippen molar-refractivity contribution in [3.05, 3.63) is 0 Å². The van der Waals surface area contributed by atoms with Crippen LogP contribution in [0.15, 0.2) is 0 Å². The zero-order valence-corrected chi connectivity index (χ0v) is 10.8. The first kappa shape index (κ1) is 15.5. The van der Waals surface area contributed by atoms with Crippen molar-refractivity contribution in [2.45, 2.75) is 51.8 Å². The lowest BCUT2D eigenvalue weighted by Gasteiger charge is -2.25. The standard InChI is InChI=1S/C12H24BNO2/c1-4-5-6-12(13,11(15)16)7-8-14-9-10(2)3/h10,14H,4-9H2,1-3H3,(H,15,16). The summed E-state index contributed by atoms with van der Waals surface area (Å²) in [6.07, 6.45) is 2.90. The number of aliphatic carboxylic acids is 1. The van der Waals surface area contributed by atoms with E-state index < -0.39 is 11.3 Å². The van der Waals surface area contributed by atoms with Crippen LogP contribution in [0.2, 0.25) is 5.31 Å². The molecule has 0 fully saturated rings. The summed E-state index contributed by atoms with van der Waals surface area (Å²) in [5.74, 6) is -0.306. The lowest BCUT2D eigenvalue weighted by atomic mass is 9.63. The van der Waals surface area contributed by atoms with E-state index in [9.17, 15) is 4.79 Å². The third kappa shape index (κ3) is 6.16. The SMILES string of the molecule is [B]C(CCCC)(CCNCC(C)C)C(=O)O. The van der Waals surface area contributed by atoms with E-state index in [0.29, 0.717) is 25.3 Å². The molecule has 1 unspecified atom stereocenters. The number of rotatable bonds is 9. The van der Waals surface area contributed by atoms with Crippen LogP contribution in [0.25, 0.3) is 0 Å². The smallest absolute Gasteiger partial charge is 0.300 e. The Bertz CT molecular complexity index is 209. The quantitative estimate of drug-likeness (QED) is 0.467. The molecule has 0 aliphatic carbocycles. The molecule has 3 nitrogen and oxygen atoms in total. The Morgan fingerprint density at radius 3 is 2.50 bits per heavy atom. The third-order valence-electron chi connectivity index (χ3n) is 2.70. The average Bonchev–Trinajstić information content (AvgIpc) is 2.21. The van der Waals surface area contributed by atoms with Gasteiger partial charge in [-0.25, -0.2) is 0 Å². The Balaban J connectivity index is 3.98. The fourth-order valence-electron chi connectivity index (χ4n) is 1.53. The largest absolute Gasteiger partial charge is 0.481 e. The summed E-state index contributed by atoms with van der Waals surface area (Å²) in [5, 5.41) is 11.3. The highest BCUT2D eigenvalue weighted by Gasteiger charge is 2.30. The van der Waals surface area contributed by atoms with Crippen molar-refractivity contribution in [2.75, 3.05) is 13.1 Å². The monoisotopic (exact) mass is 225 g/mol. The van der Waals surface area contributed by atoms with Gasteiger partial charge < -0.3 is 10.4 Å². The summed E-state index contributed by atoms with van der Waals surface area (Å²) in [6, 6.07) is 0.